The molecule has 100 valence electrons. The molecule has 6 heteroatoms. The van der Waals surface area contributed by atoms with Crippen molar-refractivity contribution in [3.63, 3.8) is 0 Å². The van der Waals surface area contributed by atoms with Crippen molar-refractivity contribution in [1.82, 2.24) is 15.5 Å². The van der Waals surface area contributed by atoms with E-state index in [1.165, 1.54) is 12.1 Å². The molecule has 1 saturated heterocycles. The van der Waals surface area contributed by atoms with Crippen molar-refractivity contribution in [3.05, 3.63) is 46.3 Å². The molecule has 0 radical (unpaired) electrons. The molecule has 1 aliphatic rings. The molecule has 1 unspecified atom stereocenters. The first-order valence-electron chi connectivity index (χ1n) is 6.19. The molecular formula is C13H13ClFN3O. The summed E-state index contributed by atoms with van der Waals surface area (Å²) < 4.78 is 18.2. The van der Waals surface area contributed by atoms with Crippen LogP contribution in [0.25, 0.3) is 0 Å². The van der Waals surface area contributed by atoms with Gasteiger partial charge in [0.05, 0.1) is 5.92 Å². The van der Waals surface area contributed by atoms with Gasteiger partial charge in [0.25, 0.3) is 0 Å². The highest BCUT2D eigenvalue weighted by Gasteiger charge is 2.22. The first kappa shape index (κ1) is 12.6. The summed E-state index contributed by atoms with van der Waals surface area (Å²) in [7, 11) is 0. The Morgan fingerprint density at radius 2 is 2.37 bits per heavy atom. The van der Waals surface area contributed by atoms with Crippen molar-refractivity contribution in [1.29, 1.82) is 0 Å². The first-order chi connectivity index (χ1) is 9.22. The number of rotatable bonds is 3. The van der Waals surface area contributed by atoms with Gasteiger partial charge in [-0.2, -0.15) is 4.98 Å². The van der Waals surface area contributed by atoms with E-state index in [4.69, 9.17) is 16.1 Å². The molecule has 0 amide bonds. The van der Waals surface area contributed by atoms with E-state index in [2.05, 4.69) is 15.5 Å². The van der Waals surface area contributed by atoms with Gasteiger partial charge in [0, 0.05) is 18.0 Å². The zero-order valence-corrected chi connectivity index (χ0v) is 11.0. The molecule has 4 nitrogen and oxygen atoms in total. The lowest BCUT2D eigenvalue weighted by atomic mass is 10.1. The number of benzene rings is 1. The van der Waals surface area contributed by atoms with E-state index in [0.717, 1.165) is 25.1 Å². The lowest BCUT2D eigenvalue weighted by Gasteiger charge is -2.01. The number of nitrogens with one attached hydrogen (secondary N) is 1. The zero-order valence-electron chi connectivity index (χ0n) is 10.2. The summed E-state index contributed by atoms with van der Waals surface area (Å²) in [5.41, 5.74) is 0.792. The maximum Gasteiger partial charge on any atom is 0.231 e. The van der Waals surface area contributed by atoms with Gasteiger partial charge in [0.15, 0.2) is 5.82 Å². The Morgan fingerprint density at radius 3 is 3.11 bits per heavy atom. The number of hydrogen-bond acceptors (Lipinski definition) is 4. The molecule has 1 aromatic carbocycles. The second-order valence-corrected chi connectivity index (χ2v) is 5.06. The fraction of sp³-hybridized carbons (Fsp3) is 0.385. The van der Waals surface area contributed by atoms with Gasteiger partial charge in [-0.25, -0.2) is 4.39 Å². The monoisotopic (exact) mass is 281 g/mol. The molecule has 1 aromatic heterocycles. The summed E-state index contributed by atoms with van der Waals surface area (Å²) in [6, 6.07) is 4.31. The quantitative estimate of drug-likeness (QED) is 0.939. The van der Waals surface area contributed by atoms with Gasteiger partial charge < -0.3 is 9.84 Å². The third-order valence-electron chi connectivity index (χ3n) is 3.26. The average Bonchev–Trinajstić information content (AvgIpc) is 3.03. The van der Waals surface area contributed by atoms with Gasteiger partial charge in [0.2, 0.25) is 5.89 Å². The van der Waals surface area contributed by atoms with Crippen LogP contribution in [0.2, 0.25) is 5.02 Å². The summed E-state index contributed by atoms with van der Waals surface area (Å²) in [5, 5.41) is 7.59. The second-order valence-electron chi connectivity index (χ2n) is 4.65. The van der Waals surface area contributed by atoms with Crippen LogP contribution in [-0.4, -0.2) is 23.2 Å². The van der Waals surface area contributed by atoms with Crippen LogP contribution in [0.3, 0.4) is 0 Å². The van der Waals surface area contributed by atoms with Crippen molar-refractivity contribution in [2.45, 2.75) is 18.8 Å². The van der Waals surface area contributed by atoms with Crippen LogP contribution in [0.15, 0.2) is 22.7 Å². The third-order valence-corrected chi connectivity index (χ3v) is 3.61. The third kappa shape index (κ3) is 2.77. The Bertz CT molecular complexity index is 581. The zero-order chi connectivity index (χ0) is 13.2. The number of hydrogen-bond donors (Lipinski definition) is 1. The maximum absolute atomic E-state index is 13.0. The molecule has 1 atom stereocenters. The van der Waals surface area contributed by atoms with Crippen LogP contribution in [0.1, 0.15) is 29.6 Å². The minimum atomic E-state index is -0.348. The highest BCUT2D eigenvalue weighted by atomic mass is 35.5. The molecule has 3 rings (SSSR count). The Morgan fingerprint density at radius 1 is 1.47 bits per heavy atom. The highest BCUT2D eigenvalue weighted by Crippen LogP contribution is 2.23. The standard InChI is InChI=1S/C13H13ClFN3O/c14-11-6-10(15)2-1-8(11)5-12-17-13(19-18-12)9-3-4-16-7-9/h1-2,6,9,16H,3-5,7H2. The lowest BCUT2D eigenvalue weighted by molar-refractivity contribution is 0.355. The topological polar surface area (TPSA) is 51.0 Å². The molecular weight excluding hydrogens is 269 g/mol. The molecule has 1 fully saturated rings. The van der Waals surface area contributed by atoms with Crippen molar-refractivity contribution in [3.8, 4) is 0 Å². The van der Waals surface area contributed by atoms with Crippen molar-refractivity contribution < 1.29 is 8.91 Å². The van der Waals surface area contributed by atoms with E-state index in [9.17, 15) is 4.39 Å². The second kappa shape index (κ2) is 5.27. The molecule has 19 heavy (non-hydrogen) atoms. The SMILES string of the molecule is Fc1ccc(Cc2noc(C3CCNC3)n2)c(Cl)c1. The minimum absolute atomic E-state index is 0.296. The molecule has 1 aliphatic heterocycles. The molecule has 2 aromatic rings. The average molecular weight is 282 g/mol. The van der Waals surface area contributed by atoms with Gasteiger partial charge in [0.1, 0.15) is 5.82 Å². The fourth-order valence-corrected chi connectivity index (χ4v) is 2.44. The van der Waals surface area contributed by atoms with Crippen LogP contribution in [0.5, 0.6) is 0 Å². The van der Waals surface area contributed by atoms with Crippen LogP contribution in [-0.2, 0) is 6.42 Å². The normalized spacial score (nSPS) is 18.9. The Kier molecular flexibility index (Phi) is 3.48. The van der Waals surface area contributed by atoms with Gasteiger partial charge in [-0.3, -0.25) is 0 Å². The van der Waals surface area contributed by atoms with E-state index in [-0.39, 0.29) is 5.82 Å². The number of halogens is 2. The smallest absolute Gasteiger partial charge is 0.231 e. The lowest BCUT2D eigenvalue weighted by Crippen LogP contribution is -2.08. The van der Waals surface area contributed by atoms with Crippen molar-refractivity contribution in [2.24, 2.45) is 0 Å². The predicted octanol–water partition coefficient (Wildman–Crippen LogP) is 2.53. The van der Waals surface area contributed by atoms with Crippen molar-refractivity contribution >= 4 is 11.6 Å². The molecule has 0 saturated carbocycles. The van der Waals surface area contributed by atoms with E-state index in [0.29, 0.717) is 29.1 Å². The maximum atomic E-state index is 13.0. The van der Waals surface area contributed by atoms with Crippen molar-refractivity contribution in [2.75, 3.05) is 13.1 Å². The molecule has 2 heterocycles. The van der Waals surface area contributed by atoms with E-state index < -0.39 is 0 Å². The number of nitrogens with zero attached hydrogens (tertiary/aromatic N) is 2. The summed E-state index contributed by atoms with van der Waals surface area (Å²) in [6.45, 7) is 1.85. The van der Waals surface area contributed by atoms with Crippen LogP contribution in [0.4, 0.5) is 4.39 Å². The molecule has 0 aliphatic carbocycles. The van der Waals surface area contributed by atoms with Gasteiger partial charge in [-0.05, 0) is 30.7 Å². The minimum Gasteiger partial charge on any atom is -0.339 e. The Balaban J connectivity index is 1.76. The van der Waals surface area contributed by atoms with E-state index in [1.807, 2.05) is 0 Å². The van der Waals surface area contributed by atoms with Crippen LogP contribution in [0, 0.1) is 5.82 Å². The van der Waals surface area contributed by atoms with Gasteiger partial charge >= 0.3 is 0 Å². The van der Waals surface area contributed by atoms with Gasteiger partial charge in [-0.15, -0.1) is 0 Å². The number of aromatic nitrogens is 2. The predicted molar refractivity (Wildman–Crippen MR) is 68.7 cm³/mol. The summed E-state index contributed by atoms with van der Waals surface area (Å²) in [6.07, 6.45) is 1.46. The molecule has 0 bridgehead atoms. The van der Waals surface area contributed by atoms with Crippen LogP contribution >= 0.6 is 11.6 Å². The van der Waals surface area contributed by atoms with E-state index >= 15 is 0 Å². The molecule has 0 spiro atoms. The Labute approximate surface area is 115 Å². The fourth-order valence-electron chi connectivity index (χ4n) is 2.21. The first-order valence-corrected chi connectivity index (χ1v) is 6.57. The summed E-state index contributed by atoms with van der Waals surface area (Å²) >= 11 is 5.98. The van der Waals surface area contributed by atoms with Crippen LogP contribution < -0.4 is 5.32 Å². The summed E-state index contributed by atoms with van der Waals surface area (Å²) in [4.78, 5) is 4.38. The summed E-state index contributed by atoms with van der Waals surface area (Å²) in [5.74, 6) is 1.19. The molecule has 1 N–H and O–H groups in total. The Hall–Kier alpha value is -1.46. The largest absolute Gasteiger partial charge is 0.339 e. The van der Waals surface area contributed by atoms with Gasteiger partial charge in [-0.1, -0.05) is 22.8 Å². The highest BCUT2D eigenvalue weighted by molar-refractivity contribution is 6.31. The van der Waals surface area contributed by atoms with E-state index in [1.54, 1.807) is 6.07 Å².